The Morgan fingerprint density at radius 3 is 2.84 bits per heavy atom. The van der Waals surface area contributed by atoms with Crippen LogP contribution in [0.25, 0.3) is 5.52 Å². The van der Waals surface area contributed by atoms with Gasteiger partial charge >= 0.3 is 0 Å². The Labute approximate surface area is 110 Å². The van der Waals surface area contributed by atoms with Crippen LogP contribution in [-0.2, 0) is 0 Å². The van der Waals surface area contributed by atoms with Crippen molar-refractivity contribution < 1.29 is 9.90 Å². The van der Waals surface area contributed by atoms with E-state index >= 15 is 0 Å². The molecule has 19 heavy (non-hydrogen) atoms. The van der Waals surface area contributed by atoms with Crippen molar-refractivity contribution in [3.63, 3.8) is 0 Å². The molecule has 0 radical (unpaired) electrons. The van der Waals surface area contributed by atoms with Gasteiger partial charge < -0.3 is 10.0 Å². The molecule has 3 rings (SSSR count). The largest absolute Gasteiger partial charge is 0.386 e. The van der Waals surface area contributed by atoms with E-state index in [1.54, 1.807) is 34.2 Å². The first-order valence-corrected chi connectivity index (χ1v) is 6.30. The number of rotatable bonds is 2. The predicted molar refractivity (Wildman–Crippen MR) is 68.7 cm³/mol. The van der Waals surface area contributed by atoms with Crippen molar-refractivity contribution in [1.82, 2.24) is 19.5 Å². The summed E-state index contributed by atoms with van der Waals surface area (Å²) in [6, 6.07) is 0. The number of aromatic nitrogens is 3. The van der Waals surface area contributed by atoms with Crippen molar-refractivity contribution in [1.29, 1.82) is 0 Å². The zero-order valence-corrected chi connectivity index (χ0v) is 10.9. The van der Waals surface area contributed by atoms with Crippen LogP contribution in [0.1, 0.15) is 24.2 Å². The number of carbonyl (C=O) groups excluding carboxylic acids is 1. The highest BCUT2D eigenvalue weighted by molar-refractivity contribution is 6.01. The highest BCUT2D eigenvalue weighted by atomic mass is 16.3. The summed E-state index contributed by atoms with van der Waals surface area (Å²) in [6.45, 7) is 4.67. The Kier molecular flexibility index (Phi) is 2.56. The van der Waals surface area contributed by atoms with Crippen molar-refractivity contribution in [2.45, 2.75) is 19.4 Å². The molecule has 0 atom stereocenters. The number of nitrogens with zero attached hydrogens (tertiary/aromatic N) is 4. The van der Waals surface area contributed by atoms with Crippen LogP contribution in [0.15, 0.2) is 24.8 Å². The summed E-state index contributed by atoms with van der Waals surface area (Å²) in [5, 5.41) is 14.3. The summed E-state index contributed by atoms with van der Waals surface area (Å²) in [6.07, 6.45) is 6.49. The SMILES string of the molecule is CC(C)C1(O)CN(C(=O)c2cnn3ccncc23)C1. The molecule has 2 aromatic heterocycles. The van der Waals surface area contributed by atoms with Gasteiger partial charge in [0.25, 0.3) is 5.91 Å². The van der Waals surface area contributed by atoms with Crippen LogP contribution in [-0.4, -0.2) is 49.2 Å². The van der Waals surface area contributed by atoms with Crippen molar-refractivity contribution in [2.75, 3.05) is 13.1 Å². The van der Waals surface area contributed by atoms with Gasteiger partial charge in [-0.3, -0.25) is 9.78 Å². The van der Waals surface area contributed by atoms with Gasteiger partial charge in [-0.15, -0.1) is 0 Å². The molecule has 0 aromatic carbocycles. The van der Waals surface area contributed by atoms with Crippen molar-refractivity contribution in [3.05, 3.63) is 30.4 Å². The maximum absolute atomic E-state index is 12.3. The van der Waals surface area contributed by atoms with Crippen LogP contribution in [0.4, 0.5) is 0 Å². The van der Waals surface area contributed by atoms with Crippen LogP contribution in [0.5, 0.6) is 0 Å². The quantitative estimate of drug-likeness (QED) is 0.857. The number of fused-ring (bicyclic) bond motifs is 1. The van der Waals surface area contributed by atoms with Crippen LogP contribution in [0.2, 0.25) is 0 Å². The van der Waals surface area contributed by atoms with Crippen molar-refractivity contribution in [3.8, 4) is 0 Å². The molecule has 3 heterocycles. The van der Waals surface area contributed by atoms with Crippen LogP contribution < -0.4 is 0 Å². The van der Waals surface area contributed by atoms with Gasteiger partial charge in [0.1, 0.15) is 5.60 Å². The first kappa shape index (κ1) is 12.1. The molecule has 6 heteroatoms. The number of likely N-dealkylation sites (tertiary alicyclic amines) is 1. The van der Waals surface area contributed by atoms with E-state index in [1.807, 2.05) is 13.8 Å². The Morgan fingerprint density at radius 2 is 2.16 bits per heavy atom. The zero-order valence-electron chi connectivity index (χ0n) is 10.9. The third kappa shape index (κ3) is 1.79. The Morgan fingerprint density at radius 1 is 1.42 bits per heavy atom. The third-order valence-electron chi connectivity index (χ3n) is 3.85. The van der Waals surface area contributed by atoms with E-state index in [0.29, 0.717) is 24.2 Å². The average Bonchev–Trinajstić information content (AvgIpc) is 2.77. The number of carbonyl (C=O) groups is 1. The van der Waals surface area contributed by atoms with Gasteiger partial charge in [0.15, 0.2) is 0 Å². The molecule has 1 aliphatic heterocycles. The third-order valence-corrected chi connectivity index (χ3v) is 3.85. The van der Waals surface area contributed by atoms with Crippen LogP contribution in [0, 0.1) is 5.92 Å². The molecule has 1 N–H and O–H groups in total. The molecular formula is C13H16N4O2. The maximum atomic E-state index is 12.3. The van der Waals surface area contributed by atoms with Crippen molar-refractivity contribution >= 4 is 11.4 Å². The highest BCUT2D eigenvalue weighted by Crippen LogP contribution is 2.30. The molecule has 1 fully saturated rings. The van der Waals surface area contributed by atoms with Crippen LogP contribution >= 0.6 is 0 Å². The fraction of sp³-hybridized carbons (Fsp3) is 0.462. The molecule has 0 saturated carbocycles. The topological polar surface area (TPSA) is 70.7 Å². The summed E-state index contributed by atoms with van der Waals surface area (Å²) in [5.41, 5.74) is 0.461. The first-order valence-electron chi connectivity index (χ1n) is 6.30. The number of aliphatic hydroxyl groups is 1. The lowest BCUT2D eigenvalue weighted by Gasteiger charge is -2.48. The van der Waals surface area contributed by atoms with Gasteiger partial charge in [-0.1, -0.05) is 13.8 Å². The second-order valence-corrected chi connectivity index (χ2v) is 5.38. The summed E-state index contributed by atoms with van der Waals surface area (Å²) in [7, 11) is 0. The monoisotopic (exact) mass is 260 g/mol. The number of β-amino-alcohol motifs (C(OH)–C–C–N with tert-alkyl or cyclic N) is 1. The lowest BCUT2D eigenvalue weighted by atomic mass is 9.82. The number of amides is 1. The molecule has 0 unspecified atom stereocenters. The second kappa shape index (κ2) is 4.03. The van der Waals surface area contributed by atoms with E-state index in [-0.39, 0.29) is 11.8 Å². The molecule has 1 amide bonds. The molecule has 6 nitrogen and oxygen atoms in total. The molecule has 0 bridgehead atoms. The lowest BCUT2D eigenvalue weighted by Crippen LogP contribution is -2.65. The normalized spacial score (nSPS) is 17.8. The van der Waals surface area contributed by atoms with E-state index in [4.69, 9.17) is 0 Å². The summed E-state index contributed by atoms with van der Waals surface area (Å²) in [4.78, 5) is 18.0. The first-order chi connectivity index (χ1) is 9.01. The van der Waals surface area contributed by atoms with E-state index in [2.05, 4.69) is 10.1 Å². The number of hydrogen-bond donors (Lipinski definition) is 1. The zero-order chi connectivity index (χ0) is 13.6. The van der Waals surface area contributed by atoms with E-state index < -0.39 is 5.60 Å². The summed E-state index contributed by atoms with van der Waals surface area (Å²) in [5.74, 6) is 0.0375. The van der Waals surface area contributed by atoms with E-state index in [9.17, 15) is 9.90 Å². The average molecular weight is 260 g/mol. The molecular weight excluding hydrogens is 244 g/mol. The Bertz CT molecular complexity index is 628. The van der Waals surface area contributed by atoms with Gasteiger partial charge in [-0.05, 0) is 5.92 Å². The van der Waals surface area contributed by atoms with Gasteiger partial charge in [0.2, 0.25) is 0 Å². The number of hydrogen-bond acceptors (Lipinski definition) is 4. The van der Waals surface area contributed by atoms with E-state index in [1.165, 1.54) is 0 Å². The maximum Gasteiger partial charge on any atom is 0.257 e. The second-order valence-electron chi connectivity index (χ2n) is 5.38. The standard InChI is InChI=1S/C13H16N4O2/c1-9(2)13(19)7-16(8-13)12(18)10-5-15-17-4-3-14-6-11(10)17/h3-6,9,19H,7-8H2,1-2H3. The van der Waals surface area contributed by atoms with E-state index in [0.717, 1.165) is 0 Å². The molecule has 100 valence electrons. The minimum atomic E-state index is -0.753. The summed E-state index contributed by atoms with van der Waals surface area (Å²) < 4.78 is 1.62. The smallest absolute Gasteiger partial charge is 0.257 e. The van der Waals surface area contributed by atoms with Gasteiger partial charge in [0, 0.05) is 12.4 Å². The predicted octanol–water partition coefficient (Wildman–Crippen LogP) is 0.572. The van der Waals surface area contributed by atoms with Gasteiger partial charge in [-0.25, -0.2) is 4.52 Å². The lowest BCUT2D eigenvalue weighted by molar-refractivity contribution is -0.110. The van der Waals surface area contributed by atoms with Gasteiger partial charge in [-0.2, -0.15) is 5.10 Å². The van der Waals surface area contributed by atoms with Crippen LogP contribution in [0.3, 0.4) is 0 Å². The molecule has 0 spiro atoms. The fourth-order valence-corrected chi connectivity index (χ4v) is 2.29. The molecule has 1 saturated heterocycles. The van der Waals surface area contributed by atoms with Gasteiger partial charge in [0.05, 0.1) is 36.6 Å². The molecule has 1 aliphatic rings. The fourth-order valence-electron chi connectivity index (χ4n) is 2.29. The molecule has 0 aliphatic carbocycles. The Balaban J connectivity index is 1.83. The summed E-state index contributed by atoms with van der Waals surface area (Å²) >= 11 is 0. The molecule has 2 aromatic rings. The van der Waals surface area contributed by atoms with Crippen molar-refractivity contribution in [2.24, 2.45) is 5.92 Å². The minimum absolute atomic E-state index is 0.103. The Hall–Kier alpha value is -1.95. The minimum Gasteiger partial charge on any atom is -0.386 e. The highest BCUT2D eigenvalue weighted by Gasteiger charge is 2.46.